The topological polar surface area (TPSA) is 22.1 Å². The van der Waals surface area contributed by atoms with E-state index in [1.54, 1.807) is 0 Å². The standard InChI is InChI=1S/C25H31NOSi/c1-20(2)24-18-12-13-21(26-24)19-27-28(25(3,4)5,22-14-8-6-9-15-22)23-16-10-7-11-17-23/h6-18,20H,19H2,1-5H3. The van der Waals surface area contributed by atoms with E-state index in [1.807, 2.05) is 0 Å². The highest BCUT2D eigenvalue weighted by molar-refractivity contribution is 6.99. The van der Waals surface area contributed by atoms with Crippen LogP contribution in [0.3, 0.4) is 0 Å². The second-order valence-electron chi connectivity index (χ2n) is 8.66. The molecule has 0 aliphatic rings. The summed E-state index contributed by atoms with van der Waals surface area (Å²) >= 11 is 0. The molecular formula is C25H31NOSi. The Morgan fingerprint density at radius 1 is 0.786 bits per heavy atom. The van der Waals surface area contributed by atoms with Gasteiger partial charge in [-0.15, -0.1) is 0 Å². The van der Waals surface area contributed by atoms with Crippen LogP contribution >= 0.6 is 0 Å². The van der Waals surface area contributed by atoms with Crippen molar-refractivity contribution in [2.75, 3.05) is 0 Å². The van der Waals surface area contributed by atoms with Crippen LogP contribution in [-0.2, 0) is 11.0 Å². The molecule has 0 saturated heterocycles. The first-order valence-electron chi connectivity index (χ1n) is 10.1. The number of aromatic nitrogens is 1. The molecule has 0 atom stereocenters. The van der Waals surface area contributed by atoms with E-state index in [1.165, 1.54) is 10.4 Å². The summed E-state index contributed by atoms with van der Waals surface area (Å²) in [6.45, 7) is 11.8. The van der Waals surface area contributed by atoms with Gasteiger partial charge in [0.05, 0.1) is 12.3 Å². The molecule has 3 heteroatoms. The van der Waals surface area contributed by atoms with Crippen LogP contribution in [0.15, 0.2) is 78.9 Å². The fourth-order valence-corrected chi connectivity index (χ4v) is 8.36. The molecule has 1 heterocycles. The molecule has 0 unspecified atom stereocenters. The molecule has 0 aliphatic heterocycles. The van der Waals surface area contributed by atoms with Crippen molar-refractivity contribution < 1.29 is 4.43 Å². The van der Waals surface area contributed by atoms with Crippen molar-refractivity contribution in [2.24, 2.45) is 0 Å². The molecule has 3 aromatic rings. The van der Waals surface area contributed by atoms with Crippen LogP contribution in [0.25, 0.3) is 0 Å². The third kappa shape index (κ3) is 4.11. The zero-order chi connectivity index (χ0) is 20.2. The number of hydrogen-bond donors (Lipinski definition) is 0. The molecule has 0 radical (unpaired) electrons. The Hall–Kier alpha value is -2.23. The van der Waals surface area contributed by atoms with Gasteiger partial charge < -0.3 is 4.43 Å². The van der Waals surface area contributed by atoms with Gasteiger partial charge in [0.15, 0.2) is 0 Å². The van der Waals surface area contributed by atoms with Crippen LogP contribution in [0.1, 0.15) is 51.9 Å². The Kier molecular flexibility index (Phi) is 6.16. The minimum absolute atomic E-state index is 0.0225. The number of rotatable bonds is 6. The Morgan fingerprint density at radius 3 is 1.79 bits per heavy atom. The monoisotopic (exact) mass is 389 g/mol. The zero-order valence-corrected chi connectivity index (χ0v) is 18.6. The van der Waals surface area contributed by atoms with Crippen LogP contribution in [0, 0.1) is 0 Å². The molecule has 0 spiro atoms. The Balaban J connectivity index is 2.07. The van der Waals surface area contributed by atoms with Crippen molar-refractivity contribution in [3.63, 3.8) is 0 Å². The maximum absolute atomic E-state index is 6.96. The quantitative estimate of drug-likeness (QED) is 0.535. The predicted octanol–water partition coefficient (Wildman–Crippen LogP) is 5.28. The molecular weight excluding hydrogens is 358 g/mol. The highest BCUT2D eigenvalue weighted by Gasteiger charge is 2.50. The van der Waals surface area contributed by atoms with Gasteiger partial charge in [0.25, 0.3) is 8.32 Å². The van der Waals surface area contributed by atoms with Gasteiger partial charge in [0, 0.05) is 5.69 Å². The summed E-state index contributed by atoms with van der Waals surface area (Å²) in [5, 5.41) is 2.58. The highest BCUT2D eigenvalue weighted by atomic mass is 28.4. The minimum atomic E-state index is -2.52. The van der Waals surface area contributed by atoms with E-state index in [0.717, 1.165) is 11.4 Å². The summed E-state index contributed by atoms with van der Waals surface area (Å²) in [5.41, 5.74) is 2.11. The molecule has 0 amide bonds. The van der Waals surface area contributed by atoms with E-state index in [9.17, 15) is 0 Å². The van der Waals surface area contributed by atoms with Gasteiger partial charge in [-0.2, -0.15) is 0 Å². The summed E-state index contributed by atoms with van der Waals surface area (Å²) in [6.07, 6.45) is 0. The maximum atomic E-state index is 6.96. The van der Waals surface area contributed by atoms with Gasteiger partial charge in [-0.3, -0.25) is 4.98 Å². The SMILES string of the molecule is CC(C)c1cccc(CO[Si](c2ccccc2)(c2ccccc2)C(C)(C)C)n1. The molecule has 2 aromatic carbocycles. The van der Waals surface area contributed by atoms with Crippen LogP contribution in [-0.4, -0.2) is 13.3 Å². The molecule has 0 N–H and O–H groups in total. The van der Waals surface area contributed by atoms with Crippen molar-refractivity contribution in [3.8, 4) is 0 Å². The smallest absolute Gasteiger partial charge is 0.261 e. The summed E-state index contributed by atoms with van der Waals surface area (Å²) < 4.78 is 6.96. The second kappa shape index (κ2) is 8.42. The van der Waals surface area contributed by atoms with Crippen LogP contribution in [0.2, 0.25) is 5.04 Å². The fourth-order valence-electron chi connectivity index (χ4n) is 3.84. The fraction of sp³-hybridized carbons (Fsp3) is 0.320. The normalized spacial score (nSPS) is 12.4. The first kappa shape index (κ1) is 20.5. The highest BCUT2D eigenvalue weighted by Crippen LogP contribution is 2.37. The zero-order valence-electron chi connectivity index (χ0n) is 17.6. The van der Waals surface area contributed by atoms with Crippen molar-refractivity contribution >= 4 is 18.7 Å². The molecule has 0 fully saturated rings. The van der Waals surface area contributed by atoms with Crippen molar-refractivity contribution in [1.82, 2.24) is 4.98 Å². The average Bonchev–Trinajstić information content (AvgIpc) is 2.69. The van der Waals surface area contributed by atoms with E-state index < -0.39 is 8.32 Å². The van der Waals surface area contributed by atoms with Gasteiger partial charge in [0.2, 0.25) is 0 Å². The average molecular weight is 390 g/mol. The molecule has 3 rings (SSSR count). The lowest BCUT2D eigenvalue weighted by molar-refractivity contribution is 0.281. The van der Waals surface area contributed by atoms with Crippen molar-refractivity contribution in [2.45, 2.75) is 52.2 Å². The molecule has 1 aromatic heterocycles. The van der Waals surface area contributed by atoms with Crippen LogP contribution in [0.4, 0.5) is 0 Å². The van der Waals surface area contributed by atoms with E-state index in [2.05, 4.69) is 113 Å². The molecule has 0 bridgehead atoms. The summed E-state index contributed by atoms with van der Waals surface area (Å²) in [4.78, 5) is 4.84. The Labute approximate surface area is 170 Å². The maximum Gasteiger partial charge on any atom is 0.261 e. The third-order valence-corrected chi connectivity index (χ3v) is 10.3. The van der Waals surface area contributed by atoms with Crippen molar-refractivity contribution in [3.05, 3.63) is 90.3 Å². The largest absolute Gasteiger partial charge is 0.402 e. The molecule has 2 nitrogen and oxygen atoms in total. The van der Waals surface area contributed by atoms with Gasteiger partial charge in [-0.1, -0.05) is 101 Å². The first-order valence-corrected chi connectivity index (χ1v) is 12.0. The number of pyridine rings is 1. The lowest BCUT2D eigenvalue weighted by Gasteiger charge is -2.43. The van der Waals surface area contributed by atoms with Crippen molar-refractivity contribution in [1.29, 1.82) is 0 Å². The third-order valence-electron chi connectivity index (χ3n) is 5.27. The summed E-state index contributed by atoms with van der Waals surface area (Å²) in [7, 11) is -2.52. The van der Waals surface area contributed by atoms with Gasteiger partial charge >= 0.3 is 0 Å². The van der Waals surface area contributed by atoms with Crippen LogP contribution < -0.4 is 10.4 Å². The Morgan fingerprint density at radius 2 is 1.32 bits per heavy atom. The van der Waals surface area contributed by atoms with E-state index >= 15 is 0 Å². The molecule has 28 heavy (non-hydrogen) atoms. The second-order valence-corrected chi connectivity index (χ2v) is 13.0. The van der Waals surface area contributed by atoms with E-state index in [0.29, 0.717) is 12.5 Å². The lowest BCUT2D eigenvalue weighted by Crippen LogP contribution is -2.66. The Bertz CT molecular complexity index is 846. The van der Waals surface area contributed by atoms with Gasteiger partial charge in [-0.25, -0.2) is 0 Å². The first-order chi connectivity index (χ1) is 13.3. The van der Waals surface area contributed by atoms with Gasteiger partial charge in [-0.05, 0) is 33.5 Å². The number of benzene rings is 2. The molecule has 146 valence electrons. The van der Waals surface area contributed by atoms with Gasteiger partial charge in [0.1, 0.15) is 0 Å². The number of nitrogens with zero attached hydrogens (tertiary/aromatic N) is 1. The summed E-state index contributed by atoms with van der Waals surface area (Å²) in [5.74, 6) is 0.410. The van der Waals surface area contributed by atoms with E-state index in [4.69, 9.17) is 9.41 Å². The summed E-state index contributed by atoms with van der Waals surface area (Å²) in [6, 6.07) is 27.8. The lowest BCUT2D eigenvalue weighted by atomic mass is 10.1. The number of hydrogen-bond acceptors (Lipinski definition) is 2. The van der Waals surface area contributed by atoms with E-state index in [-0.39, 0.29) is 5.04 Å². The minimum Gasteiger partial charge on any atom is -0.402 e. The van der Waals surface area contributed by atoms with Crippen LogP contribution in [0.5, 0.6) is 0 Å². The molecule has 0 aliphatic carbocycles. The molecule has 0 saturated carbocycles. The predicted molar refractivity (Wildman–Crippen MR) is 121 cm³/mol.